The van der Waals surface area contributed by atoms with Gasteiger partial charge in [0.25, 0.3) is 0 Å². The molecule has 0 unspecified atom stereocenters. The fourth-order valence-electron chi connectivity index (χ4n) is 8.67. The lowest BCUT2D eigenvalue weighted by Gasteiger charge is -2.53. The summed E-state index contributed by atoms with van der Waals surface area (Å²) in [5, 5.41) is 41.8. The zero-order valence-corrected chi connectivity index (χ0v) is 39.4. The predicted octanol–water partition coefficient (Wildman–Crippen LogP) is 8.11. The lowest BCUT2D eigenvalue weighted by Crippen LogP contribution is -2.78. The minimum absolute atomic E-state index is 0.0529. The second-order valence-corrected chi connectivity index (χ2v) is 18.4. The minimum Gasteiger partial charge on any atom is -0.481 e. The molecule has 0 aromatic rings. The lowest BCUT2D eigenvalue weighted by molar-refractivity contribution is -0.292. The molecular weight excluding hydrogens is 789 g/mol. The highest BCUT2D eigenvalue weighted by molar-refractivity contribution is 6.14. The van der Waals surface area contributed by atoms with Gasteiger partial charge in [-0.15, -0.1) is 0 Å². The first-order chi connectivity index (χ1) is 29.7. The maximum atomic E-state index is 14.3. The molecule has 0 spiro atoms. The third-order valence-corrected chi connectivity index (χ3v) is 12.7. The van der Waals surface area contributed by atoms with Crippen LogP contribution in [-0.4, -0.2) is 97.7 Å². The molecule has 13 heteroatoms. The van der Waals surface area contributed by atoms with Crippen LogP contribution in [0, 0.1) is 5.92 Å². The first kappa shape index (κ1) is 57.8. The van der Waals surface area contributed by atoms with Crippen LogP contribution in [0.25, 0.3) is 0 Å². The van der Waals surface area contributed by atoms with Crippen molar-refractivity contribution in [2.24, 2.45) is 23.1 Å². The third kappa shape index (κ3) is 22.1. The Bertz CT molecular complexity index is 1250. The molecule has 1 heterocycles. The molecule has 1 saturated heterocycles. The number of carboxylic acid groups (broad SMARTS) is 1. The maximum absolute atomic E-state index is 14.3. The van der Waals surface area contributed by atoms with E-state index in [1.165, 1.54) is 114 Å². The highest BCUT2D eigenvalue weighted by Crippen LogP contribution is 2.38. The van der Waals surface area contributed by atoms with E-state index in [4.69, 9.17) is 21.9 Å². The van der Waals surface area contributed by atoms with Crippen LogP contribution in [0.1, 0.15) is 220 Å². The summed E-state index contributed by atoms with van der Waals surface area (Å²) in [5.74, 6) is -8.43. The summed E-state index contributed by atoms with van der Waals surface area (Å²) in [6.07, 6.45) is 31.4. The first-order valence-corrected chi connectivity index (χ1v) is 24.9. The van der Waals surface area contributed by atoms with Gasteiger partial charge in [0.2, 0.25) is 11.8 Å². The lowest BCUT2D eigenvalue weighted by atomic mass is 9.74. The SMILES string of the molecule is CCCCCCCC/C=C\CCCCCCCC(=O)N(CCCCCCCCCCCCCCCCCC)[C@]1(N)O[C@H](CO)[C@@H](O)[C@H](O)[C@H]1C(=O)[C@](C)(N)C(=O)[C@@H](N)CC(=O)O. The highest BCUT2D eigenvalue weighted by Gasteiger charge is 2.62. The number of hydrogen-bond acceptors (Lipinski definition) is 11. The van der Waals surface area contributed by atoms with Gasteiger partial charge in [0.15, 0.2) is 11.6 Å². The third-order valence-electron chi connectivity index (χ3n) is 12.7. The van der Waals surface area contributed by atoms with E-state index in [-0.39, 0.29) is 13.0 Å². The van der Waals surface area contributed by atoms with Crippen molar-refractivity contribution >= 4 is 23.4 Å². The molecule has 0 radical (unpaired) electrons. The number of ether oxygens (including phenoxy) is 1. The largest absolute Gasteiger partial charge is 0.481 e. The summed E-state index contributed by atoms with van der Waals surface area (Å²) in [5.41, 5.74) is 16.6. The van der Waals surface area contributed by atoms with E-state index in [1.54, 1.807) is 0 Å². The number of rotatable bonds is 40. The molecule has 0 saturated carbocycles. The molecule has 1 aliphatic heterocycles. The number of carboxylic acids is 1. The summed E-state index contributed by atoms with van der Waals surface area (Å²) in [7, 11) is 0. The Morgan fingerprint density at radius 3 is 1.50 bits per heavy atom. The van der Waals surface area contributed by atoms with Crippen molar-refractivity contribution in [3.05, 3.63) is 12.2 Å². The van der Waals surface area contributed by atoms with Gasteiger partial charge in [0.05, 0.1) is 25.2 Å². The summed E-state index contributed by atoms with van der Waals surface area (Å²) < 4.78 is 6.03. The minimum atomic E-state index is -2.47. The molecule has 62 heavy (non-hydrogen) atoms. The number of aliphatic carboxylic acids is 1. The molecule has 1 aliphatic rings. The summed E-state index contributed by atoms with van der Waals surface area (Å²) in [4.78, 5) is 54.4. The number of carbonyl (C=O) groups is 4. The molecule has 1 fully saturated rings. The number of ketones is 2. The molecule has 1 rings (SSSR count). The molecule has 1 amide bonds. The van der Waals surface area contributed by atoms with Crippen LogP contribution in [0.2, 0.25) is 0 Å². The smallest absolute Gasteiger partial charge is 0.305 e. The average molecular weight is 881 g/mol. The number of hydrogen-bond donors (Lipinski definition) is 7. The predicted molar refractivity (Wildman–Crippen MR) is 248 cm³/mol. The Labute approximate surface area is 375 Å². The van der Waals surface area contributed by atoms with Gasteiger partial charge >= 0.3 is 5.97 Å². The maximum Gasteiger partial charge on any atom is 0.305 e. The molecule has 0 aromatic heterocycles. The van der Waals surface area contributed by atoms with Crippen molar-refractivity contribution in [3.63, 3.8) is 0 Å². The van der Waals surface area contributed by atoms with E-state index in [9.17, 15) is 39.6 Å². The molecule has 10 N–H and O–H groups in total. The van der Waals surface area contributed by atoms with Crippen LogP contribution in [-0.2, 0) is 23.9 Å². The Hall–Kier alpha value is -2.26. The molecule has 362 valence electrons. The van der Waals surface area contributed by atoms with Crippen LogP contribution in [0.3, 0.4) is 0 Å². The Kier molecular flexibility index (Phi) is 31.8. The van der Waals surface area contributed by atoms with Crippen molar-refractivity contribution in [2.45, 2.75) is 256 Å². The zero-order chi connectivity index (χ0) is 46.2. The Morgan fingerprint density at radius 1 is 0.677 bits per heavy atom. The van der Waals surface area contributed by atoms with Crippen molar-refractivity contribution < 1.29 is 44.3 Å². The summed E-state index contributed by atoms with van der Waals surface area (Å²) >= 11 is 0. The van der Waals surface area contributed by atoms with Crippen molar-refractivity contribution in [3.8, 4) is 0 Å². The second kappa shape index (κ2) is 34.1. The number of Topliss-reactive ketones (excluding diaryl/α,β-unsaturated/α-hetero) is 2. The Morgan fingerprint density at radius 2 is 1.08 bits per heavy atom. The van der Waals surface area contributed by atoms with E-state index in [0.717, 1.165) is 71.1 Å². The average Bonchev–Trinajstić information content (AvgIpc) is 3.23. The van der Waals surface area contributed by atoms with Crippen LogP contribution in [0.4, 0.5) is 0 Å². The van der Waals surface area contributed by atoms with E-state index >= 15 is 0 Å². The summed E-state index contributed by atoms with van der Waals surface area (Å²) in [6, 6.07) is -1.65. The molecular formula is C49H92N4O9. The van der Waals surface area contributed by atoms with Gasteiger partial charge in [0, 0.05) is 13.0 Å². The molecule has 0 aliphatic carbocycles. The fourth-order valence-corrected chi connectivity index (χ4v) is 8.67. The van der Waals surface area contributed by atoms with Gasteiger partial charge in [-0.2, -0.15) is 0 Å². The van der Waals surface area contributed by atoms with Crippen LogP contribution >= 0.6 is 0 Å². The van der Waals surface area contributed by atoms with Gasteiger partial charge in [-0.3, -0.25) is 24.9 Å². The second-order valence-electron chi connectivity index (χ2n) is 18.4. The molecule has 13 nitrogen and oxygen atoms in total. The number of carbonyl (C=O) groups excluding carboxylic acids is 3. The number of allylic oxidation sites excluding steroid dienone is 2. The van der Waals surface area contributed by atoms with E-state index in [2.05, 4.69) is 26.0 Å². The number of nitrogens with two attached hydrogens (primary N) is 3. The van der Waals surface area contributed by atoms with E-state index in [1.807, 2.05) is 0 Å². The monoisotopic (exact) mass is 881 g/mol. The van der Waals surface area contributed by atoms with Gasteiger partial charge in [-0.25, -0.2) is 0 Å². The van der Waals surface area contributed by atoms with Crippen LogP contribution < -0.4 is 17.2 Å². The van der Waals surface area contributed by atoms with Crippen molar-refractivity contribution in [1.29, 1.82) is 0 Å². The van der Waals surface area contributed by atoms with E-state index < -0.39 is 78.1 Å². The molecule has 7 atom stereocenters. The number of unbranched alkanes of at least 4 members (excludes halogenated alkanes) is 26. The van der Waals surface area contributed by atoms with Crippen LogP contribution in [0.5, 0.6) is 0 Å². The van der Waals surface area contributed by atoms with Crippen LogP contribution in [0.15, 0.2) is 12.2 Å². The van der Waals surface area contributed by atoms with Gasteiger partial charge in [-0.1, -0.05) is 174 Å². The van der Waals surface area contributed by atoms with Gasteiger partial charge in [-0.05, 0) is 45.4 Å². The van der Waals surface area contributed by atoms with E-state index in [0.29, 0.717) is 12.8 Å². The van der Waals surface area contributed by atoms with Crippen molar-refractivity contribution in [1.82, 2.24) is 4.90 Å². The zero-order valence-electron chi connectivity index (χ0n) is 39.4. The fraction of sp³-hybridized carbons (Fsp3) is 0.878. The molecule has 0 aromatic carbocycles. The van der Waals surface area contributed by atoms with Gasteiger partial charge in [0.1, 0.15) is 23.7 Å². The standard InChI is InChI=1S/C49H92N4O9/c1-4-6-8-10-12-14-16-18-20-22-24-26-28-30-32-34-36-53(41(55)35-33-31-29-27-25-23-21-19-17-15-13-11-9-7-5-2)49(52)43(45(59)44(58)40(38-54)62-49)47(61)48(3,51)46(60)39(50)37-42(56)57/h19,21,39-40,43-45,54,58-59H,4-18,20,22-38,50-52H2,1-3H3,(H,56,57)/b21-19-/t39-,40+,43-,44+,45+,48+,49-/m0/s1. The Balaban J connectivity index is 2.95. The number of aliphatic hydroxyl groups excluding tert-OH is 3. The summed E-state index contributed by atoms with van der Waals surface area (Å²) in [6.45, 7) is 4.79. The number of nitrogens with zero attached hydrogens (tertiary/aromatic N) is 1. The first-order valence-electron chi connectivity index (χ1n) is 24.9. The van der Waals surface area contributed by atoms with Crippen molar-refractivity contribution in [2.75, 3.05) is 13.2 Å². The number of aliphatic hydroxyl groups is 3. The topological polar surface area (TPSA) is 240 Å². The highest BCUT2D eigenvalue weighted by atomic mass is 16.6. The van der Waals surface area contributed by atoms with Gasteiger partial charge < -0.3 is 41.5 Å². The number of amides is 1. The molecule has 0 bridgehead atoms. The quantitative estimate of drug-likeness (QED) is 0.0134. The normalized spacial score (nSPS) is 21.8.